The summed E-state index contributed by atoms with van der Waals surface area (Å²) in [6, 6.07) is 0. The van der Waals surface area contributed by atoms with Gasteiger partial charge in [0, 0.05) is 6.42 Å². The maximum absolute atomic E-state index is 9.83. The van der Waals surface area contributed by atoms with Crippen LogP contribution < -0.4 is 0 Å². The average molecular weight is 114 g/mol. The van der Waals surface area contributed by atoms with Gasteiger partial charge in [-0.3, -0.25) is 4.79 Å². The van der Waals surface area contributed by atoms with E-state index in [2.05, 4.69) is 0 Å². The first-order valence-electron chi connectivity index (χ1n) is 2.69. The van der Waals surface area contributed by atoms with E-state index in [1.807, 2.05) is 0 Å². The lowest BCUT2D eigenvalue weighted by molar-refractivity contribution is -0.137. The molecule has 1 N–H and O–H groups in total. The van der Waals surface area contributed by atoms with Crippen LogP contribution in [-0.4, -0.2) is 11.1 Å². The molecule has 0 spiro atoms. The first-order chi connectivity index (χ1) is 3.77. The zero-order valence-electron chi connectivity index (χ0n) is 4.76. The van der Waals surface area contributed by atoms with E-state index in [-0.39, 0.29) is 6.42 Å². The van der Waals surface area contributed by atoms with Crippen molar-refractivity contribution in [2.45, 2.75) is 25.7 Å². The molecule has 0 amide bonds. The van der Waals surface area contributed by atoms with Gasteiger partial charge in [-0.2, -0.15) is 0 Å². The van der Waals surface area contributed by atoms with Crippen LogP contribution in [0.1, 0.15) is 25.7 Å². The summed E-state index contributed by atoms with van der Waals surface area (Å²) in [4.78, 5) is 9.83. The first-order valence-corrected chi connectivity index (χ1v) is 2.69. The highest BCUT2D eigenvalue weighted by molar-refractivity contribution is 5.66. The molecule has 0 aliphatic rings. The van der Waals surface area contributed by atoms with Gasteiger partial charge in [0.25, 0.3) is 0 Å². The molecule has 0 aliphatic carbocycles. The van der Waals surface area contributed by atoms with Gasteiger partial charge in [0.15, 0.2) is 0 Å². The van der Waals surface area contributed by atoms with E-state index < -0.39 is 5.97 Å². The molecule has 2 radical (unpaired) electrons. The number of hydrogen-bond donors (Lipinski definition) is 1. The zero-order valence-corrected chi connectivity index (χ0v) is 4.76. The second kappa shape index (κ2) is 4.62. The summed E-state index contributed by atoms with van der Waals surface area (Å²) in [7, 11) is 0. The van der Waals surface area contributed by atoms with Crippen LogP contribution in [0.15, 0.2) is 0 Å². The smallest absolute Gasteiger partial charge is 0.303 e. The van der Waals surface area contributed by atoms with Crippen molar-refractivity contribution in [3.05, 3.63) is 6.92 Å². The fourth-order valence-corrected chi connectivity index (χ4v) is 0.421. The Balaban J connectivity index is 2.82. The summed E-state index contributed by atoms with van der Waals surface area (Å²) < 4.78 is 0. The van der Waals surface area contributed by atoms with E-state index in [4.69, 9.17) is 12.0 Å². The van der Waals surface area contributed by atoms with Gasteiger partial charge in [-0.05, 0) is 19.8 Å². The Morgan fingerprint density at radius 2 is 2.12 bits per heavy atom. The predicted molar refractivity (Wildman–Crippen MR) is 30.4 cm³/mol. The number of unbranched alkanes of at least 4 members (excludes halogenated alkanes) is 2. The minimum absolute atomic E-state index is 0.247. The topological polar surface area (TPSA) is 37.3 Å². The van der Waals surface area contributed by atoms with E-state index in [0.29, 0.717) is 12.8 Å². The van der Waals surface area contributed by atoms with Crippen LogP contribution in [0.5, 0.6) is 0 Å². The molecule has 0 aromatic heterocycles. The molecular weight excluding hydrogens is 104 g/mol. The Bertz CT molecular complexity index is 68.9. The molecule has 0 atom stereocenters. The van der Waals surface area contributed by atoms with Crippen LogP contribution in [0.4, 0.5) is 0 Å². The highest BCUT2D eigenvalue weighted by Crippen LogP contribution is 1.96. The van der Waals surface area contributed by atoms with Crippen molar-refractivity contribution in [3.63, 3.8) is 0 Å². The Hall–Kier alpha value is -0.530. The fourth-order valence-electron chi connectivity index (χ4n) is 0.421. The molecule has 46 valence electrons. The van der Waals surface area contributed by atoms with Crippen LogP contribution >= 0.6 is 0 Å². The molecule has 0 aliphatic heterocycles. The van der Waals surface area contributed by atoms with Gasteiger partial charge in [0.2, 0.25) is 0 Å². The van der Waals surface area contributed by atoms with Crippen molar-refractivity contribution in [3.8, 4) is 0 Å². The van der Waals surface area contributed by atoms with Crippen molar-refractivity contribution < 1.29 is 9.90 Å². The maximum atomic E-state index is 9.83. The number of rotatable bonds is 4. The molecule has 0 aromatic rings. The van der Waals surface area contributed by atoms with Crippen LogP contribution in [0, 0.1) is 6.92 Å². The van der Waals surface area contributed by atoms with Gasteiger partial charge in [0.05, 0.1) is 0 Å². The number of carboxylic acids is 1. The lowest BCUT2D eigenvalue weighted by Crippen LogP contribution is -1.92. The van der Waals surface area contributed by atoms with Crippen molar-refractivity contribution in [1.82, 2.24) is 0 Å². The number of hydrogen-bond acceptors (Lipinski definition) is 1. The normalized spacial score (nSPS) is 9.12. The average Bonchev–Trinajstić information content (AvgIpc) is 1.66. The maximum Gasteiger partial charge on any atom is 0.303 e. The molecule has 0 saturated heterocycles. The van der Waals surface area contributed by atoms with Crippen LogP contribution in [-0.2, 0) is 4.79 Å². The minimum Gasteiger partial charge on any atom is -0.481 e. The lowest BCUT2D eigenvalue weighted by Gasteiger charge is -1.89. The van der Waals surface area contributed by atoms with E-state index in [1.54, 1.807) is 0 Å². The molecule has 0 aromatic carbocycles. The first kappa shape index (κ1) is 7.47. The van der Waals surface area contributed by atoms with E-state index >= 15 is 0 Å². The van der Waals surface area contributed by atoms with Gasteiger partial charge in [0.1, 0.15) is 0 Å². The highest BCUT2D eigenvalue weighted by atomic mass is 16.4. The molecule has 0 unspecified atom stereocenters. The SMILES string of the molecule is [CH]CCCCC(=O)O. The Morgan fingerprint density at radius 3 is 2.50 bits per heavy atom. The molecule has 0 saturated carbocycles. The second-order valence-electron chi connectivity index (χ2n) is 1.64. The van der Waals surface area contributed by atoms with Crippen molar-refractivity contribution in [2.75, 3.05) is 0 Å². The Morgan fingerprint density at radius 1 is 1.50 bits per heavy atom. The highest BCUT2D eigenvalue weighted by Gasteiger charge is 1.92. The molecule has 2 nitrogen and oxygen atoms in total. The van der Waals surface area contributed by atoms with Gasteiger partial charge < -0.3 is 5.11 Å². The quantitative estimate of drug-likeness (QED) is 0.560. The third-order valence-electron chi connectivity index (χ3n) is 0.845. The number of carbonyl (C=O) groups is 1. The predicted octanol–water partition coefficient (Wildman–Crippen LogP) is 1.34. The summed E-state index contributed by atoms with van der Waals surface area (Å²) >= 11 is 0. The third-order valence-corrected chi connectivity index (χ3v) is 0.845. The van der Waals surface area contributed by atoms with E-state index in [9.17, 15) is 4.79 Å². The molecule has 0 heterocycles. The largest absolute Gasteiger partial charge is 0.481 e. The second-order valence-corrected chi connectivity index (χ2v) is 1.64. The summed E-state index contributed by atoms with van der Waals surface area (Å²) in [6.45, 7) is 5.12. The van der Waals surface area contributed by atoms with Gasteiger partial charge in [-0.1, -0.05) is 6.42 Å². The molecule has 2 heteroatoms. The molecular formula is C6H10O2. The van der Waals surface area contributed by atoms with E-state index in [0.717, 1.165) is 6.42 Å². The summed E-state index contributed by atoms with van der Waals surface area (Å²) in [5.74, 6) is -0.738. The van der Waals surface area contributed by atoms with Crippen LogP contribution in [0.25, 0.3) is 0 Å². The summed E-state index contributed by atoms with van der Waals surface area (Å²) in [5.41, 5.74) is 0. The van der Waals surface area contributed by atoms with Crippen molar-refractivity contribution >= 4 is 5.97 Å². The van der Waals surface area contributed by atoms with Crippen molar-refractivity contribution in [2.24, 2.45) is 0 Å². The number of carboxylic acid groups (broad SMARTS) is 1. The van der Waals surface area contributed by atoms with Gasteiger partial charge in [-0.25, -0.2) is 0 Å². The number of aliphatic carboxylic acids is 1. The van der Waals surface area contributed by atoms with Gasteiger partial charge >= 0.3 is 5.97 Å². The minimum atomic E-state index is -0.738. The lowest BCUT2D eigenvalue weighted by atomic mass is 10.2. The molecule has 8 heavy (non-hydrogen) atoms. The van der Waals surface area contributed by atoms with Crippen LogP contribution in [0.2, 0.25) is 0 Å². The Kier molecular flexibility index (Phi) is 4.32. The standard InChI is InChI=1S/C6H10O2/c1-2-3-4-5-6(7)8/h1H,2-5H2,(H,7,8). The fraction of sp³-hybridized carbons (Fsp3) is 0.667. The zero-order chi connectivity index (χ0) is 6.41. The van der Waals surface area contributed by atoms with Gasteiger partial charge in [-0.15, -0.1) is 0 Å². The third kappa shape index (κ3) is 5.47. The molecule has 0 rings (SSSR count). The Labute approximate surface area is 49.5 Å². The van der Waals surface area contributed by atoms with E-state index in [1.165, 1.54) is 0 Å². The van der Waals surface area contributed by atoms with Crippen molar-refractivity contribution in [1.29, 1.82) is 0 Å². The summed E-state index contributed by atoms with van der Waals surface area (Å²) in [5, 5.41) is 8.10. The summed E-state index contributed by atoms with van der Waals surface area (Å²) in [6.07, 6.45) is 2.35. The monoisotopic (exact) mass is 114 g/mol. The molecule has 0 bridgehead atoms. The van der Waals surface area contributed by atoms with Crippen LogP contribution in [0.3, 0.4) is 0 Å². The molecule has 0 fully saturated rings.